The number of carboxylic acids is 1. The Kier molecular flexibility index (Phi) is 6.53. The molecule has 0 aromatic heterocycles. The van der Waals surface area contributed by atoms with Crippen LogP contribution in [0.2, 0.25) is 0 Å². The molecular formula is C21H17BrN2O5S. The van der Waals surface area contributed by atoms with Crippen LogP contribution in [0.5, 0.6) is 0 Å². The first-order valence-corrected chi connectivity index (χ1v) is 11.0. The lowest BCUT2D eigenvalue weighted by atomic mass is 10.2. The number of rotatable bonds is 7. The van der Waals surface area contributed by atoms with Crippen LogP contribution in [0.3, 0.4) is 0 Å². The van der Waals surface area contributed by atoms with E-state index in [1.165, 1.54) is 30.3 Å². The van der Waals surface area contributed by atoms with Crippen LogP contribution >= 0.6 is 15.9 Å². The fourth-order valence-electron chi connectivity index (χ4n) is 2.74. The zero-order valence-electron chi connectivity index (χ0n) is 15.5. The molecule has 154 valence electrons. The van der Waals surface area contributed by atoms with Crippen LogP contribution in [0.25, 0.3) is 0 Å². The average Bonchev–Trinajstić information content (AvgIpc) is 2.73. The maximum absolute atomic E-state index is 13.2. The van der Waals surface area contributed by atoms with Crippen molar-refractivity contribution in [2.24, 2.45) is 0 Å². The number of nitrogens with zero attached hydrogens (tertiary/aromatic N) is 1. The largest absolute Gasteiger partial charge is 0.478 e. The maximum atomic E-state index is 13.2. The molecule has 0 atom stereocenters. The minimum atomic E-state index is -4.04. The standard InChI is InChI=1S/C21H17BrN2O5S/c22-15-10-12-16(13-11-15)24(30(28,29)17-6-2-1-3-7-17)14-20(25)23-19-9-5-4-8-18(19)21(26)27/h1-13H,14H2,(H,23,25)(H,26,27). The number of sulfonamides is 1. The summed E-state index contributed by atoms with van der Waals surface area (Å²) in [5.41, 5.74) is 0.290. The fraction of sp³-hybridized carbons (Fsp3) is 0.0476. The highest BCUT2D eigenvalue weighted by molar-refractivity contribution is 9.10. The number of hydrogen-bond acceptors (Lipinski definition) is 4. The van der Waals surface area contributed by atoms with Crippen molar-refractivity contribution in [1.29, 1.82) is 0 Å². The SMILES string of the molecule is O=C(CN(c1ccc(Br)cc1)S(=O)(=O)c1ccccc1)Nc1ccccc1C(=O)O. The third kappa shape index (κ3) is 4.87. The number of carbonyl (C=O) groups is 2. The molecule has 9 heteroatoms. The minimum absolute atomic E-state index is 0.0339. The van der Waals surface area contributed by atoms with Gasteiger partial charge in [0.1, 0.15) is 6.54 Å². The number of para-hydroxylation sites is 1. The number of hydrogen-bond donors (Lipinski definition) is 2. The van der Waals surface area contributed by atoms with E-state index in [-0.39, 0.29) is 16.1 Å². The predicted molar refractivity (Wildman–Crippen MR) is 117 cm³/mol. The van der Waals surface area contributed by atoms with Crippen molar-refractivity contribution in [1.82, 2.24) is 0 Å². The van der Waals surface area contributed by atoms with Crippen molar-refractivity contribution in [2.45, 2.75) is 4.90 Å². The highest BCUT2D eigenvalue weighted by Gasteiger charge is 2.27. The van der Waals surface area contributed by atoms with E-state index < -0.39 is 28.4 Å². The zero-order chi connectivity index (χ0) is 21.7. The Morgan fingerprint density at radius 2 is 1.50 bits per heavy atom. The van der Waals surface area contributed by atoms with Gasteiger partial charge in [-0.1, -0.05) is 46.3 Å². The summed E-state index contributed by atoms with van der Waals surface area (Å²) >= 11 is 3.30. The summed E-state index contributed by atoms with van der Waals surface area (Å²) in [6.07, 6.45) is 0. The van der Waals surface area contributed by atoms with Gasteiger partial charge in [0.2, 0.25) is 5.91 Å². The monoisotopic (exact) mass is 488 g/mol. The molecule has 0 aliphatic carbocycles. The van der Waals surface area contributed by atoms with Crippen LogP contribution in [0.4, 0.5) is 11.4 Å². The molecule has 3 rings (SSSR count). The van der Waals surface area contributed by atoms with Gasteiger partial charge in [0.05, 0.1) is 21.8 Å². The van der Waals surface area contributed by atoms with Crippen molar-refractivity contribution < 1.29 is 23.1 Å². The summed E-state index contributed by atoms with van der Waals surface area (Å²) in [6, 6.07) is 20.2. The summed E-state index contributed by atoms with van der Waals surface area (Å²) in [7, 11) is -4.04. The van der Waals surface area contributed by atoms with Gasteiger partial charge in [0, 0.05) is 4.47 Å². The lowest BCUT2D eigenvalue weighted by molar-refractivity contribution is -0.114. The minimum Gasteiger partial charge on any atom is -0.478 e. The van der Waals surface area contributed by atoms with Crippen molar-refractivity contribution in [2.75, 3.05) is 16.2 Å². The van der Waals surface area contributed by atoms with Crippen molar-refractivity contribution in [3.05, 3.63) is 88.9 Å². The summed E-state index contributed by atoms with van der Waals surface area (Å²) < 4.78 is 28.2. The molecule has 0 fully saturated rings. The normalized spacial score (nSPS) is 11.0. The van der Waals surface area contributed by atoms with Crippen LogP contribution < -0.4 is 9.62 Å². The number of amides is 1. The summed E-state index contributed by atoms with van der Waals surface area (Å²) in [5, 5.41) is 11.8. The van der Waals surface area contributed by atoms with Gasteiger partial charge in [-0.05, 0) is 48.5 Å². The van der Waals surface area contributed by atoms with Gasteiger partial charge in [-0.2, -0.15) is 0 Å². The molecule has 30 heavy (non-hydrogen) atoms. The number of anilines is 2. The number of nitrogens with one attached hydrogen (secondary N) is 1. The van der Waals surface area contributed by atoms with Crippen molar-refractivity contribution in [3.8, 4) is 0 Å². The molecule has 0 unspecified atom stereocenters. The molecule has 7 nitrogen and oxygen atoms in total. The fourth-order valence-corrected chi connectivity index (χ4v) is 4.45. The first kappa shape index (κ1) is 21.5. The molecule has 0 spiro atoms. The molecule has 0 saturated heterocycles. The van der Waals surface area contributed by atoms with E-state index in [9.17, 15) is 23.1 Å². The molecule has 0 aliphatic heterocycles. The second kappa shape index (κ2) is 9.10. The lowest BCUT2D eigenvalue weighted by Gasteiger charge is -2.24. The lowest BCUT2D eigenvalue weighted by Crippen LogP contribution is -2.38. The average molecular weight is 489 g/mol. The van der Waals surface area contributed by atoms with Crippen molar-refractivity contribution in [3.63, 3.8) is 0 Å². The first-order chi connectivity index (χ1) is 14.3. The number of aromatic carboxylic acids is 1. The molecule has 3 aromatic rings. The third-order valence-electron chi connectivity index (χ3n) is 4.16. The topological polar surface area (TPSA) is 104 Å². The molecule has 1 amide bonds. The quantitative estimate of drug-likeness (QED) is 0.523. The second-order valence-corrected chi connectivity index (χ2v) is 8.98. The zero-order valence-corrected chi connectivity index (χ0v) is 17.9. The molecule has 0 saturated carbocycles. The second-order valence-electron chi connectivity index (χ2n) is 6.20. The summed E-state index contributed by atoms with van der Waals surface area (Å²) in [5.74, 6) is -1.88. The molecule has 0 aliphatic rings. The summed E-state index contributed by atoms with van der Waals surface area (Å²) in [6.45, 7) is -0.535. The van der Waals surface area contributed by atoms with Gasteiger partial charge < -0.3 is 10.4 Å². The Balaban J connectivity index is 1.95. The molecule has 0 bridgehead atoms. The maximum Gasteiger partial charge on any atom is 0.337 e. The van der Waals surface area contributed by atoms with E-state index in [1.807, 2.05) is 0 Å². The van der Waals surface area contributed by atoms with E-state index in [4.69, 9.17) is 0 Å². The Morgan fingerprint density at radius 3 is 2.13 bits per heavy atom. The highest BCUT2D eigenvalue weighted by Crippen LogP contribution is 2.25. The molecule has 2 N–H and O–H groups in total. The molecule has 0 heterocycles. The Hall–Kier alpha value is -3.17. The Morgan fingerprint density at radius 1 is 0.900 bits per heavy atom. The Labute approximate surface area is 182 Å². The van der Waals surface area contributed by atoms with Gasteiger partial charge in [0.25, 0.3) is 10.0 Å². The van der Waals surface area contributed by atoms with E-state index in [0.717, 1.165) is 8.78 Å². The van der Waals surface area contributed by atoms with E-state index >= 15 is 0 Å². The smallest absolute Gasteiger partial charge is 0.337 e. The van der Waals surface area contributed by atoms with Crippen molar-refractivity contribution >= 4 is 49.2 Å². The van der Waals surface area contributed by atoms with Crippen LogP contribution in [0, 0.1) is 0 Å². The summed E-state index contributed by atoms with van der Waals surface area (Å²) in [4.78, 5) is 24.1. The molecular weight excluding hydrogens is 472 g/mol. The van der Waals surface area contributed by atoms with Gasteiger partial charge in [-0.15, -0.1) is 0 Å². The number of carboxylic acid groups (broad SMARTS) is 1. The number of halogens is 1. The van der Waals surface area contributed by atoms with Gasteiger partial charge in [-0.25, -0.2) is 13.2 Å². The van der Waals surface area contributed by atoms with E-state index in [1.54, 1.807) is 48.5 Å². The van der Waals surface area contributed by atoms with Crippen LogP contribution in [-0.2, 0) is 14.8 Å². The van der Waals surface area contributed by atoms with Gasteiger partial charge in [-0.3, -0.25) is 9.10 Å². The Bertz CT molecular complexity index is 1170. The molecule has 3 aromatic carbocycles. The van der Waals surface area contributed by atoms with Crippen LogP contribution in [0.15, 0.2) is 88.2 Å². The third-order valence-corrected chi connectivity index (χ3v) is 6.48. The van der Waals surface area contributed by atoms with Crippen LogP contribution in [-0.4, -0.2) is 31.9 Å². The molecule has 0 radical (unpaired) electrons. The van der Waals surface area contributed by atoms with Crippen LogP contribution in [0.1, 0.15) is 10.4 Å². The highest BCUT2D eigenvalue weighted by atomic mass is 79.9. The van der Waals surface area contributed by atoms with Gasteiger partial charge >= 0.3 is 5.97 Å². The number of carbonyl (C=O) groups excluding carboxylic acids is 1. The number of benzene rings is 3. The van der Waals surface area contributed by atoms with E-state index in [2.05, 4.69) is 21.2 Å². The predicted octanol–water partition coefficient (Wildman–Crippen LogP) is 3.98. The van der Waals surface area contributed by atoms with Gasteiger partial charge in [0.15, 0.2) is 0 Å². The van der Waals surface area contributed by atoms with E-state index in [0.29, 0.717) is 5.69 Å². The first-order valence-electron chi connectivity index (χ1n) is 8.74.